The second-order valence-electron chi connectivity index (χ2n) is 8.72. The summed E-state index contributed by atoms with van der Waals surface area (Å²) in [6.45, 7) is 2.77. The van der Waals surface area contributed by atoms with Crippen molar-refractivity contribution in [2.75, 3.05) is 4.90 Å². The second kappa shape index (κ2) is 9.75. The number of fused-ring (bicyclic) bond motifs is 1. The topological polar surface area (TPSA) is 49.4 Å². The Morgan fingerprint density at radius 2 is 1.67 bits per heavy atom. The number of halogens is 6. The van der Waals surface area contributed by atoms with E-state index in [1.54, 1.807) is 13.8 Å². The molecule has 188 valence electrons. The van der Waals surface area contributed by atoms with E-state index in [4.69, 9.17) is 23.2 Å². The van der Waals surface area contributed by atoms with Gasteiger partial charge in [0.05, 0.1) is 12.2 Å². The van der Waals surface area contributed by atoms with Crippen LogP contribution < -0.4 is 10.2 Å². The Bertz CT molecular complexity index is 1340. The molecule has 3 aromatic rings. The van der Waals surface area contributed by atoms with Crippen molar-refractivity contribution in [1.29, 1.82) is 0 Å². The third kappa shape index (κ3) is 4.44. The smallest absolute Gasteiger partial charge is 0.253 e. The van der Waals surface area contributed by atoms with E-state index in [1.807, 2.05) is 0 Å². The van der Waals surface area contributed by atoms with Gasteiger partial charge < -0.3 is 10.2 Å². The molecule has 4 rings (SSSR count). The standard InChI is InChI=1S/C26H20Cl2F4N2O2/c1-13(2)26(28)18-7-6-14(24(35)33-11-16-21(31)9-15(29)10-22(16)32)8-23(18)34(25(26)36)12-17-19(27)4-3-5-20(17)30/h3-10,13H,11-12H2,1-2H3,(H,33,35). The molecular formula is C26H20Cl2F4N2O2. The lowest BCUT2D eigenvalue weighted by atomic mass is 9.88. The minimum absolute atomic E-state index is 0.0683. The molecule has 0 aliphatic carbocycles. The summed E-state index contributed by atoms with van der Waals surface area (Å²) in [6, 6.07) is 9.55. The van der Waals surface area contributed by atoms with Gasteiger partial charge in [0, 0.05) is 46.0 Å². The number of nitrogens with zero attached hydrogens (tertiary/aromatic N) is 1. The first-order valence-corrected chi connectivity index (χ1v) is 11.7. The summed E-state index contributed by atoms with van der Waals surface area (Å²) in [5.41, 5.74) is 0.370. The van der Waals surface area contributed by atoms with Crippen LogP contribution in [0.5, 0.6) is 0 Å². The summed E-state index contributed by atoms with van der Waals surface area (Å²) in [6.07, 6.45) is 0. The molecule has 3 aromatic carbocycles. The first-order chi connectivity index (χ1) is 16.9. The van der Waals surface area contributed by atoms with Gasteiger partial charge in [-0.3, -0.25) is 9.59 Å². The molecular weight excluding hydrogens is 519 g/mol. The Labute approximate surface area is 214 Å². The van der Waals surface area contributed by atoms with Crippen LogP contribution in [0, 0.1) is 29.2 Å². The zero-order chi connectivity index (χ0) is 26.4. The Kier molecular flexibility index (Phi) is 7.03. The van der Waals surface area contributed by atoms with Crippen molar-refractivity contribution in [3.8, 4) is 0 Å². The van der Waals surface area contributed by atoms with Gasteiger partial charge in [-0.15, -0.1) is 11.6 Å². The first kappa shape index (κ1) is 26.0. The summed E-state index contributed by atoms with van der Waals surface area (Å²) in [5.74, 6) is -5.50. The van der Waals surface area contributed by atoms with Crippen molar-refractivity contribution in [2.45, 2.75) is 31.8 Å². The van der Waals surface area contributed by atoms with Crippen LogP contribution in [-0.4, -0.2) is 11.8 Å². The summed E-state index contributed by atoms with van der Waals surface area (Å²) in [4.78, 5) is 26.1. The zero-order valence-electron chi connectivity index (χ0n) is 19.1. The molecule has 1 unspecified atom stereocenters. The molecule has 36 heavy (non-hydrogen) atoms. The Balaban J connectivity index is 1.68. The van der Waals surface area contributed by atoms with E-state index in [0.717, 1.165) is 0 Å². The largest absolute Gasteiger partial charge is 0.348 e. The molecule has 1 atom stereocenters. The molecule has 0 radical (unpaired) electrons. The van der Waals surface area contributed by atoms with E-state index in [2.05, 4.69) is 5.32 Å². The SMILES string of the molecule is CC(C)C1(Cl)C(=O)N(Cc2c(F)cccc2Cl)c2cc(C(=O)NCc3c(F)cc(F)cc3F)ccc21. The van der Waals surface area contributed by atoms with Crippen LogP contribution in [0.4, 0.5) is 23.2 Å². The minimum atomic E-state index is -1.46. The summed E-state index contributed by atoms with van der Waals surface area (Å²) in [7, 11) is 0. The monoisotopic (exact) mass is 538 g/mol. The van der Waals surface area contributed by atoms with Crippen LogP contribution in [0.1, 0.15) is 40.9 Å². The number of benzene rings is 3. The van der Waals surface area contributed by atoms with Crippen LogP contribution >= 0.6 is 23.2 Å². The molecule has 0 spiro atoms. The van der Waals surface area contributed by atoms with Crippen molar-refractivity contribution in [1.82, 2.24) is 5.32 Å². The summed E-state index contributed by atoms with van der Waals surface area (Å²) in [5, 5.41) is 2.51. The van der Waals surface area contributed by atoms with Gasteiger partial charge in [0.2, 0.25) is 0 Å². The van der Waals surface area contributed by atoms with Crippen molar-refractivity contribution in [2.24, 2.45) is 5.92 Å². The highest BCUT2D eigenvalue weighted by atomic mass is 35.5. The summed E-state index contributed by atoms with van der Waals surface area (Å²) >= 11 is 13.0. The lowest BCUT2D eigenvalue weighted by molar-refractivity contribution is -0.121. The molecule has 10 heteroatoms. The number of nitrogens with one attached hydrogen (secondary N) is 1. The average Bonchev–Trinajstić information content (AvgIpc) is 3.02. The zero-order valence-corrected chi connectivity index (χ0v) is 20.7. The number of amides is 2. The normalized spacial score (nSPS) is 17.0. The van der Waals surface area contributed by atoms with E-state index in [9.17, 15) is 27.2 Å². The van der Waals surface area contributed by atoms with Crippen LogP contribution in [-0.2, 0) is 22.8 Å². The highest BCUT2D eigenvalue weighted by Gasteiger charge is 2.52. The minimum Gasteiger partial charge on any atom is -0.348 e. The van der Waals surface area contributed by atoms with E-state index in [-0.39, 0.29) is 34.3 Å². The fraction of sp³-hybridized carbons (Fsp3) is 0.231. The molecule has 0 aromatic heterocycles. The van der Waals surface area contributed by atoms with E-state index in [0.29, 0.717) is 17.7 Å². The predicted octanol–water partition coefficient (Wildman–Crippen LogP) is 6.46. The van der Waals surface area contributed by atoms with Crippen LogP contribution in [0.3, 0.4) is 0 Å². The molecule has 4 nitrogen and oxygen atoms in total. The maximum Gasteiger partial charge on any atom is 0.253 e. The maximum atomic E-state index is 14.5. The number of carbonyl (C=O) groups excluding carboxylic acids is 2. The third-order valence-corrected chi connectivity index (χ3v) is 7.36. The number of alkyl halides is 1. The molecule has 0 bridgehead atoms. The molecule has 1 heterocycles. The van der Waals surface area contributed by atoms with Gasteiger partial charge in [-0.1, -0.05) is 37.6 Å². The van der Waals surface area contributed by atoms with E-state index in [1.165, 1.54) is 41.3 Å². The maximum absolute atomic E-state index is 14.5. The lowest BCUT2D eigenvalue weighted by Crippen LogP contribution is -2.39. The number of hydrogen-bond donors (Lipinski definition) is 1. The van der Waals surface area contributed by atoms with Gasteiger partial charge >= 0.3 is 0 Å². The molecule has 1 aliphatic heterocycles. The fourth-order valence-corrected chi connectivity index (χ4v) is 4.68. The Morgan fingerprint density at radius 1 is 1.00 bits per heavy atom. The molecule has 0 saturated heterocycles. The number of hydrogen-bond acceptors (Lipinski definition) is 2. The molecule has 1 aliphatic rings. The van der Waals surface area contributed by atoms with Gasteiger partial charge in [-0.05, 0) is 30.2 Å². The number of carbonyl (C=O) groups is 2. The van der Waals surface area contributed by atoms with E-state index < -0.39 is 52.1 Å². The molecule has 2 amide bonds. The van der Waals surface area contributed by atoms with Gasteiger partial charge in [0.15, 0.2) is 4.87 Å². The number of anilines is 1. The molecule has 0 saturated carbocycles. The fourth-order valence-electron chi connectivity index (χ4n) is 4.19. The number of rotatable bonds is 6. The van der Waals surface area contributed by atoms with Crippen molar-refractivity contribution >= 4 is 40.7 Å². The van der Waals surface area contributed by atoms with Gasteiger partial charge in [-0.2, -0.15) is 0 Å². The van der Waals surface area contributed by atoms with Gasteiger partial charge in [-0.25, -0.2) is 17.6 Å². The van der Waals surface area contributed by atoms with Crippen LogP contribution in [0.15, 0.2) is 48.5 Å². The van der Waals surface area contributed by atoms with Crippen LogP contribution in [0.25, 0.3) is 0 Å². The van der Waals surface area contributed by atoms with Crippen molar-refractivity contribution in [3.63, 3.8) is 0 Å². The van der Waals surface area contributed by atoms with Crippen molar-refractivity contribution in [3.05, 3.63) is 99.1 Å². The van der Waals surface area contributed by atoms with E-state index >= 15 is 0 Å². The Hall–Kier alpha value is -3.10. The Morgan fingerprint density at radius 3 is 2.28 bits per heavy atom. The molecule has 1 N–H and O–H groups in total. The first-order valence-electron chi connectivity index (χ1n) is 10.9. The van der Waals surface area contributed by atoms with Gasteiger partial charge in [0.25, 0.3) is 11.8 Å². The average molecular weight is 539 g/mol. The highest BCUT2D eigenvalue weighted by Crippen LogP contribution is 2.50. The molecule has 0 fully saturated rings. The van der Waals surface area contributed by atoms with Gasteiger partial charge in [0.1, 0.15) is 23.3 Å². The second-order valence-corrected chi connectivity index (χ2v) is 9.72. The quantitative estimate of drug-likeness (QED) is 0.289. The summed E-state index contributed by atoms with van der Waals surface area (Å²) < 4.78 is 55.5. The lowest BCUT2D eigenvalue weighted by Gasteiger charge is -2.26. The third-order valence-electron chi connectivity index (χ3n) is 6.20. The van der Waals surface area contributed by atoms with Crippen LogP contribution in [0.2, 0.25) is 5.02 Å². The van der Waals surface area contributed by atoms with Crippen molar-refractivity contribution < 1.29 is 27.2 Å². The predicted molar refractivity (Wildman–Crippen MR) is 129 cm³/mol. The highest BCUT2D eigenvalue weighted by molar-refractivity contribution is 6.39.